The van der Waals surface area contributed by atoms with Gasteiger partial charge in [-0.05, 0) is 23.6 Å². The topological polar surface area (TPSA) is 79.4 Å². The molecule has 0 aliphatic rings. The molecule has 1 heterocycles. The Morgan fingerprint density at radius 3 is 2.45 bits per heavy atom. The normalized spacial score (nSPS) is 10.3. The van der Waals surface area contributed by atoms with Gasteiger partial charge in [-0.1, -0.05) is 24.3 Å². The van der Waals surface area contributed by atoms with Crippen LogP contribution in [0.1, 0.15) is 21.6 Å². The van der Waals surface area contributed by atoms with E-state index in [2.05, 4.69) is 4.98 Å². The standard InChI is InChI=1S/C15H15NO4/c1-9-8-16-14(15(19)20-2)13(9)11-5-3-10(4-6-11)7-12(17)18/h3-6,8,16H,7H2,1-2H3,(H,17,18). The summed E-state index contributed by atoms with van der Waals surface area (Å²) in [6.07, 6.45) is 1.73. The van der Waals surface area contributed by atoms with Crippen LogP contribution in [-0.2, 0) is 16.0 Å². The van der Waals surface area contributed by atoms with Crippen molar-refractivity contribution in [3.63, 3.8) is 0 Å². The summed E-state index contributed by atoms with van der Waals surface area (Å²) in [5.41, 5.74) is 3.67. The van der Waals surface area contributed by atoms with Gasteiger partial charge in [0.1, 0.15) is 5.69 Å². The molecule has 2 aromatic rings. The molecule has 0 saturated heterocycles. The first-order chi connectivity index (χ1) is 9.52. The summed E-state index contributed by atoms with van der Waals surface area (Å²) in [5.74, 6) is -1.30. The van der Waals surface area contributed by atoms with Crippen LogP contribution in [0.4, 0.5) is 0 Å². The van der Waals surface area contributed by atoms with E-state index < -0.39 is 11.9 Å². The van der Waals surface area contributed by atoms with Gasteiger partial charge in [0.15, 0.2) is 0 Å². The Bertz CT molecular complexity index is 640. The number of aliphatic carboxylic acids is 1. The number of methoxy groups -OCH3 is 1. The monoisotopic (exact) mass is 273 g/mol. The molecule has 104 valence electrons. The van der Waals surface area contributed by atoms with Gasteiger partial charge in [0, 0.05) is 11.8 Å². The zero-order chi connectivity index (χ0) is 14.7. The number of carbonyl (C=O) groups excluding carboxylic acids is 1. The van der Waals surface area contributed by atoms with Crippen LogP contribution in [0.5, 0.6) is 0 Å². The first-order valence-electron chi connectivity index (χ1n) is 6.10. The Hall–Kier alpha value is -2.56. The summed E-state index contributed by atoms with van der Waals surface area (Å²) >= 11 is 0. The molecule has 1 aromatic heterocycles. The molecule has 0 amide bonds. The van der Waals surface area contributed by atoms with Gasteiger partial charge in [0.05, 0.1) is 13.5 Å². The molecule has 5 heteroatoms. The summed E-state index contributed by atoms with van der Waals surface area (Å²) in [7, 11) is 1.33. The molecule has 0 aliphatic carbocycles. The van der Waals surface area contributed by atoms with Crippen molar-refractivity contribution >= 4 is 11.9 Å². The number of carboxylic acids is 1. The average Bonchev–Trinajstić information content (AvgIpc) is 2.80. The Balaban J connectivity index is 2.39. The average molecular weight is 273 g/mol. The lowest BCUT2D eigenvalue weighted by atomic mass is 10.00. The molecule has 5 nitrogen and oxygen atoms in total. The number of carboxylic acid groups (broad SMARTS) is 1. The first kappa shape index (κ1) is 13.9. The maximum Gasteiger partial charge on any atom is 0.355 e. The van der Waals surface area contributed by atoms with Gasteiger partial charge in [-0.25, -0.2) is 4.79 Å². The van der Waals surface area contributed by atoms with E-state index in [9.17, 15) is 9.59 Å². The second kappa shape index (κ2) is 5.61. The highest BCUT2D eigenvalue weighted by atomic mass is 16.5. The number of benzene rings is 1. The summed E-state index contributed by atoms with van der Waals surface area (Å²) in [5, 5.41) is 8.75. The Kier molecular flexibility index (Phi) is 3.89. The number of carbonyl (C=O) groups is 2. The van der Waals surface area contributed by atoms with Crippen LogP contribution in [-0.4, -0.2) is 29.1 Å². The Morgan fingerprint density at radius 2 is 1.90 bits per heavy atom. The van der Waals surface area contributed by atoms with E-state index in [0.717, 1.165) is 16.7 Å². The van der Waals surface area contributed by atoms with E-state index in [0.29, 0.717) is 11.3 Å². The first-order valence-corrected chi connectivity index (χ1v) is 6.10. The van der Waals surface area contributed by atoms with Gasteiger partial charge >= 0.3 is 11.9 Å². The fourth-order valence-corrected chi connectivity index (χ4v) is 2.12. The van der Waals surface area contributed by atoms with Crippen molar-refractivity contribution in [2.75, 3.05) is 7.11 Å². The van der Waals surface area contributed by atoms with Crippen LogP contribution in [0, 0.1) is 6.92 Å². The summed E-state index contributed by atoms with van der Waals surface area (Å²) < 4.78 is 4.74. The SMILES string of the molecule is COC(=O)c1[nH]cc(C)c1-c1ccc(CC(=O)O)cc1. The predicted octanol–water partition coefficient (Wildman–Crippen LogP) is 2.40. The number of H-pyrrole nitrogens is 1. The maximum atomic E-state index is 11.7. The van der Waals surface area contributed by atoms with Crippen LogP contribution >= 0.6 is 0 Å². The van der Waals surface area contributed by atoms with Gasteiger partial charge < -0.3 is 14.8 Å². The molecule has 2 N–H and O–H groups in total. The van der Waals surface area contributed by atoms with Crippen LogP contribution in [0.3, 0.4) is 0 Å². The number of esters is 1. The molecule has 0 fully saturated rings. The summed E-state index contributed by atoms with van der Waals surface area (Å²) in [4.78, 5) is 25.3. The minimum atomic E-state index is -0.870. The number of rotatable bonds is 4. The maximum absolute atomic E-state index is 11.7. The van der Waals surface area contributed by atoms with E-state index in [-0.39, 0.29) is 6.42 Å². The zero-order valence-corrected chi connectivity index (χ0v) is 11.3. The van der Waals surface area contributed by atoms with E-state index >= 15 is 0 Å². The van der Waals surface area contributed by atoms with E-state index in [4.69, 9.17) is 9.84 Å². The molecule has 0 radical (unpaired) electrons. The fourth-order valence-electron chi connectivity index (χ4n) is 2.12. The lowest BCUT2D eigenvalue weighted by molar-refractivity contribution is -0.136. The third-order valence-corrected chi connectivity index (χ3v) is 3.06. The van der Waals surface area contributed by atoms with Gasteiger partial charge in [0.2, 0.25) is 0 Å². The van der Waals surface area contributed by atoms with Gasteiger partial charge in [-0.15, -0.1) is 0 Å². The quantitative estimate of drug-likeness (QED) is 0.838. The number of hydrogen-bond donors (Lipinski definition) is 2. The molecule has 20 heavy (non-hydrogen) atoms. The molecule has 0 spiro atoms. The van der Waals surface area contributed by atoms with Crippen LogP contribution < -0.4 is 0 Å². The van der Waals surface area contributed by atoms with E-state index in [1.54, 1.807) is 30.5 Å². The Morgan fingerprint density at radius 1 is 1.25 bits per heavy atom. The number of aryl methyl sites for hydroxylation is 1. The van der Waals surface area contributed by atoms with Crippen molar-refractivity contribution in [3.8, 4) is 11.1 Å². The highest BCUT2D eigenvalue weighted by Crippen LogP contribution is 2.28. The highest BCUT2D eigenvalue weighted by molar-refractivity contribution is 5.96. The molecule has 2 rings (SSSR count). The number of hydrogen-bond acceptors (Lipinski definition) is 3. The molecular formula is C15H15NO4. The van der Waals surface area contributed by atoms with Crippen molar-refractivity contribution in [2.24, 2.45) is 0 Å². The van der Waals surface area contributed by atoms with Crippen LogP contribution in [0.15, 0.2) is 30.5 Å². The minimum Gasteiger partial charge on any atom is -0.481 e. The fraction of sp³-hybridized carbons (Fsp3) is 0.200. The van der Waals surface area contributed by atoms with Gasteiger partial charge in [-0.2, -0.15) is 0 Å². The van der Waals surface area contributed by atoms with Crippen molar-refractivity contribution in [1.82, 2.24) is 4.98 Å². The van der Waals surface area contributed by atoms with Crippen molar-refractivity contribution < 1.29 is 19.4 Å². The Labute approximate surface area is 116 Å². The van der Waals surface area contributed by atoms with Gasteiger partial charge in [-0.3, -0.25) is 4.79 Å². The molecule has 0 saturated carbocycles. The molecule has 1 aromatic carbocycles. The zero-order valence-electron chi connectivity index (χ0n) is 11.3. The third kappa shape index (κ3) is 2.71. The molecule has 0 aliphatic heterocycles. The second-order valence-corrected chi connectivity index (χ2v) is 4.48. The minimum absolute atomic E-state index is 0.0176. The predicted molar refractivity (Wildman–Crippen MR) is 73.6 cm³/mol. The third-order valence-electron chi connectivity index (χ3n) is 3.06. The lowest BCUT2D eigenvalue weighted by Gasteiger charge is -2.06. The lowest BCUT2D eigenvalue weighted by Crippen LogP contribution is -2.03. The van der Waals surface area contributed by atoms with Crippen molar-refractivity contribution in [3.05, 3.63) is 47.3 Å². The van der Waals surface area contributed by atoms with Crippen molar-refractivity contribution in [2.45, 2.75) is 13.3 Å². The summed E-state index contributed by atoms with van der Waals surface area (Å²) in [6.45, 7) is 1.89. The van der Waals surface area contributed by atoms with E-state index in [1.807, 2.05) is 6.92 Å². The second-order valence-electron chi connectivity index (χ2n) is 4.48. The largest absolute Gasteiger partial charge is 0.481 e. The van der Waals surface area contributed by atoms with Crippen LogP contribution in [0.2, 0.25) is 0 Å². The molecule has 0 bridgehead atoms. The number of aromatic nitrogens is 1. The van der Waals surface area contributed by atoms with Crippen LogP contribution in [0.25, 0.3) is 11.1 Å². The van der Waals surface area contributed by atoms with Crippen molar-refractivity contribution in [1.29, 1.82) is 0 Å². The molecular weight excluding hydrogens is 258 g/mol. The molecule has 0 unspecified atom stereocenters. The summed E-state index contributed by atoms with van der Waals surface area (Å²) in [6, 6.07) is 7.11. The van der Waals surface area contributed by atoms with E-state index in [1.165, 1.54) is 7.11 Å². The smallest absolute Gasteiger partial charge is 0.355 e. The molecule has 0 atom stereocenters. The highest BCUT2D eigenvalue weighted by Gasteiger charge is 2.17. The number of aromatic amines is 1. The number of nitrogens with one attached hydrogen (secondary N) is 1. The van der Waals surface area contributed by atoms with Gasteiger partial charge in [0.25, 0.3) is 0 Å². The number of ether oxygens (including phenoxy) is 1.